The molecule has 0 aliphatic carbocycles. The zero-order valence-corrected chi connectivity index (χ0v) is 15.5. The van der Waals surface area contributed by atoms with Crippen molar-refractivity contribution in [2.24, 2.45) is 0 Å². The van der Waals surface area contributed by atoms with Crippen LogP contribution in [0, 0.1) is 0 Å². The van der Waals surface area contributed by atoms with E-state index in [0.29, 0.717) is 29.7 Å². The van der Waals surface area contributed by atoms with Crippen molar-refractivity contribution in [3.8, 4) is 0 Å². The first-order chi connectivity index (χ1) is 14.0. The van der Waals surface area contributed by atoms with E-state index in [1.807, 2.05) is 30.5 Å². The lowest BCUT2D eigenvalue weighted by atomic mass is 10.1. The molecule has 6 nitrogen and oxygen atoms in total. The fourth-order valence-electron chi connectivity index (χ4n) is 3.31. The largest absolute Gasteiger partial charge is 0.272 e. The predicted molar refractivity (Wildman–Crippen MR) is 105 cm³/mol. The van der Waals surface area contributed by atoms with Crippen LogP contribution < -0.4 is 0 Å². The number of aromatic nitrogens is 6. The van der Waals surface area contributed by atoms with Gasteiger partial charge in [-0.2, -0.15) is 5.10 Å². The summed E-state index contributed by atoms with van der Waals surface area (Å²) in [7, 11) is 0. The molecule has 0 N–H and O–H groups in total. The Morgan fingerprint density at radius 2 is 1.93 bits per heavy atom. The van der Waals surface area contributed by atoms with Crippen LogP contribution in [0.15, 0.2) is 55.0 Å². The third-order valence-corrected chi connectivity index (χ3v) is 4.84. The lowest BCUT2D eigenvalue weighted by Crippen LogP contribution is -2.07. The molecule has 0 saturated carbocycles. The molecule has 0 aliphatic rings. The summed E-state index contributed by atoms with van der Waals surface area (Å²) in [5, 5.41) is 6.07. The number of hydrogen-bond acceptors (Lipinski definition) is 5. The number of alkyl halides is 2. The van der Waals surface area contributed by atoms with E-state index in [0.717, 1.165) is 29.2 Å². The molecule has 0 bridgehead atoms. The topological polar surface area (TPSA) is 68.9 Å². The Bertz CT molecular complexity index is 1360. The van der Waals surface area contributed by atoms with Crippen LogP contribution in [0.4, 0.5) is 8.78 Å². The van der Waals surface area contributed by atoms with E-state index in [9.17, 15) is 8.78 Å². The van der Waals surface area contributed by atoms with Crippen LogP contribution in [0.3, 0.4) is 0 Å². The Balaban J connectivity index is 1.40. The maximum Gasteiger partial charge on any atom is 0.272 e. The Labute approximate surface area is 164 Å². The van der Waals surface area contributed by atoms with E-state index in [1.165, 1.54) is 12.3 Å². The molecule has 0 radical (unpaired) electrons. The summed E-state index contributed by atoms with van der Waals surface area (Å²) in [5.74, 6) is -2.22. The number of hydrogen-bond donors (Lipinski definition) is 0. The summed E-state index contributed by atoms with van der Waals surface area (Å²) in [5.41, 5.74) is 2.79. The van der Waals surface area contributed by atoms with Gasteiger partial charge in [-0.3, -0.25) is 4.98 Å². The van der Waals surface area contributed by atoms with Crippen molar-refractivity contribution in [2.75, 3.05) is 0 Å². The molecule has 5 heterocycles. The monoisotopic (exact) mass is 390 g/mol. The van der Waals surface area contributed by atoms with Crippen molar-refractivity contribution in [3.63, 3.8) is 0 Å². The number of aryl methyl sites for hydroxylation is 2. The van der Waals surface area contributed by atoms with Gasteiger partial charge < -0.3 is 0 Å². The van der Waals surface area contributed by atoms with Crippen molar-refractivity contribution >= 4 is 27.6 Å². The highest BCUT2D eigenvalue weighted by atomic mass is 19.3. The zero-order valence-electron chi connectivity index (χ0n) is 15.5. The van der Waals surface area contributed by atoms with Gasteiger partial charge in [-0.1, -0.05) is 0 Å². The van der Waals surface area contributed by atoms with Gasteiger partial charge in [0, 0.05) is 54.0 Å². The van der Waals surface area contributed by atoms with Gasteiger partial charge >= 0.3 is 0 Å². The summed E-state index contributed by atoms with van der Waals surface area (Å²) >= 11 is 0. The maximum absolute atomic E-state index is 13.5. The van der Waals surface area contributed by atoms with Crippen LogP contribution in [0.5, 0.6) is 0 Å². The molecule has 5 aromatic rings. The van der Waals surface area contributed by atoms with Gasteiger partial charge in [0.25, 0.3) is 5.92 Å². The molecule has 0 spiro atoms. The number of nitrogens with zero attached hydrogens (tertiary/aromatic N) is 6. The summed E-state index contributed by atoms with van der Waals surface area (Å²) in [6.07, 6.45) is 6.01. The van der Waals surface area contributed by atoms with Crippen molar-refractivity contribution in [1.29, 1.82) is 0 Å². The van der Waals surface area contributed by atoms with E-state index in [-0.39, 0.29) is 5.56 Å². The lowest BCUT2D eigenvalue weighted by molar-refractivity contribution is 0.0173. The van der Waals surface area contributed by atoms with Gasteiger partial charge in [-0.15, -0.1) is 0 Å². The molecule has 5 rings (SSSR count). The molecule has 144 valence electrons. The molecule has 0 unspecified atom stereocenters. The minimum Gasteiger partial charge on any atom is -0.256 e. The van der Waals surface area contributed by atoms with Crippen molar-refractivity contribution in [2.45, 2.75) is 25.7 Å². The fraction of sp³-hybridized carbons (Fsp3) is 0.190. The molecule has 0 fully saturated rings. The summed E-state index contributed by atoms with van der Waals surface area (Å²) in [6.45, 7) is 0.860. The van der Waals surface area contributed by atoms with Gasteiger partial charge in [-0.25, -0.2) is 28.2 Å². The summed E-state index contributed by atoms with van der Waals surface area (Å²) in [6, 6.07) is 10.8. The van der Waals surface area contributed by atoms with Gasteiger partial charge in [0.2, 0.25) is 0 Å². The van der Waals surface area contributed by atoms with Crippen LogP contribution in [-0.2, 0) is 18.8 Å². The molecule has 5 aromatic heterocycles. The molecule has 0 aliphatic heterocycles. The van der Waals surface area contributed by atoms with Crippen molar-refractivity contribution < 1.29 is 8.78 Å². The molecule has 0 amide bonds. The van der Waals surface area contributed by atoms with Crippen molar-refractivity contribution in [1.82, 2.24) is 29.5 Å². The van der Waals surface area contributed by atoms with Crippen LogP contribution in [-0.4, -0.2) is 29.5 Å². The molecule has 0 atom stereocenters. The molecular weight excluding hydrogens is 374 g/mol. The number of rotatable bonds is 4. The molecule has 8 heteroatoms. The second-order valence-electron chi connectivity index (χ2n) is 7.01. The zero-order chi connectivity index (χ0) is 20.0. The first-order valence-corrected chi connectivity index (χ1v) is 9.20. The van der Waals surface area contributed by atoms with E-state index < -0.39 is 5.92 Å². The Morgan fingerprint density at radius 3 is 2.79 bits per heavy atom. The Morgan fingerprint density at radius 1 is 1.03 bits per heavy atom. The molecule has 29 heavy (non-hydrogen) atoms. The van der Waals surface area contributed by atoms with Gasteiger partial charge in [-0.05, 0) is 42.8 Å². The summed E-state index contributed by atoms with van der Waals surface area (Å²) < 4.78 is 28.7. The van der Waals surface area contributed by atoms with E-state index in [1.54, 1.807) is 16.8 Å². The van der Waals surface area contributed by atoms with Crippen LogP contribution in [0.2, 0.25) is 0 Å². The first-order valence-electron chi connectivity index (χ1n) is 9.20. The van der Waals surface area contributed by atoms with Crippen LogP contribution in [0.1, 0.15) is 24.0 Å². The van der Waals surface area contributed by atoms with E-state index in [4.69, 9.17) is 0 Å². The van der Waals surface area contributed by atoms with E-state index >= 15 is 0 Å². The molecular formula is C21H16F2N6. The average molecular weight is 390 g/mol. The van der Waals surface area contributed by atoms with Crippen molar-refractivity contribution in [3.05, 3.63) is 72.1 Å². The third kappa shape index (κ3) is 3.26. The standard InChI is InChI=1S/C21H16F2N6/c1-21(22,23)14-11-13-4-5-15(26-19(13)25-12-14)6-7-18-27-20-16-3-2-9-24-17(16)8-10-29(20)28-18/h2-5,8-12H,6-7H2,1H3. The quantitative estimate of drug-likeness (QED) is 0.462. The highest BCUT2D eigenvalue weighted by Gasteiger charge is 2.25. The first kappa shape index (κ1) is 17.5. The third-order valence-electron chi connectivity index (χ3n) is 4.84. The van der Waals surface area contributed by atoms with E-state index in [2.05, 4.69) is 25.0 Å². The average Bonchev–Trinajstić information content (AvgIpc) is 3.15. The van der Waals surface area contributed by atoms with Gasteiger partial charge in [0.05, 0.1) is 5.52 Å². The molecule has 0 aromatic carbocycles. The normalized spacial score (nSPS) is 12.2. The minimum absolute atomic E-state index is 0.116. The second-order valence-corrected chi connectivity index (χ2v) is 7.01. The highest BCUT2D eigenvalue weighted by molar-refractivity contribution is 5.90. The Hall–Kier alpha value is -3.55. The minimum atomic E-state index is -2.92. The lowest BCUT2D eigenvalue weighted by Gasteiger charge is -2.10. The van der Waals surface area contributed by atoms with Gasteiger partial charge in [0.1, 0.15) is 0 Å². The number of pyridine rings is 4. The fourth-order valence-corrected chi connectivity index (χ4v) is 3.31. The molecule has 0 saturated heterocycles. The maximum atomic E-state index is 13.5. The second kappa shape index (κ2) is 6.51. The Kier molecular flexibility index (Phi) is 3.94. The number of fused-ring (bicyclic) bond motifs is 4. The SMILES string of the molecule is CC(F)(F)c1cnc2nc(CCc3nc4c5cccnc5ccn4n3)ccc2c1. The predicted octanol–water partition coefficient (Wildman–Crippen LogP) is 4.12. The summed E-state index contributed by atoms with van der Waals surface area (Å²) in [4.78, 5) is 17.6. The van der Waals surface area contributed by atoms with Crippen LogP contribution in [0.25, 0.3) is 27.6 Å². The van der Waals surface area contributed by atoms with Crippen LogP contribution >= 0.6 is 0 Å². The smallest absolute Gasteiger partial charge is 0.256 e. The number of halogens is 2. The highest BCUT2D eigenvalue weighted by Crippen LogP contribution is 2.28. The van der Waals surface area contributed by atoms with Gasteiger partial charge in [0.15, 0.2) is 17.1 Å².